The maximum atomic E-state index is 11.4. The highest BCUT2D eigenvalue weighted by molar-refractivity contribution is 5.63. The van der Waals surface area contributed by atoms with Crippen LogP contribution in [0.3, 0.4) is 0 Å². The number of rotatable bonds is 11. The molecule has 3 rings (SSSR count). The van der Waals surface area contributed by atoms with E-state index in [-0.39, 0.29) is 24.9 Å². The summed E-state index contributed by atoms with van der Waals surface area (Å²) in [5, 5.41) is 53.6. The molecule has 1 saturated heterocycles. The van der Waals surface area contributed by atoms with E-state index in [1.54, 1.807) is 12.3 Å². The lowest BCUT2D eigenvalue weighted by molar-refractivity contribution is -0.384. The van der Waals surface area contributed by atoms with E-state index in [0.29, 0.717) is 18.8 Å². The van der Waals surface area contributed by atoms with Crippen LogP contribution in [-0.4, -0.2) is 80.8 Å². The van der Waals surface area contributed by atoms with E-state index in [1.807, 2.05) is 17.0 Å². The summed E-state index contributed by atoms with van der Waals surface area (Å²) in [5.74, 6) is 0. The van der Waals surface area contributed by atoms with Gasteiger partial charge in [-0.15, -0.1) is 0 Å². The molecule has 10 nitrogen and oxygen atoms in total. The molecule has 2 heterocycles. The van der Waals surface area contributed by atoms with E-state index in [0.717, 1.165) is 31.2 Å². The number of β-amino-alcohol motifs (C(OH)–C–C–N with tert-alkyl or cyclic N) is 1. The molecule has 172 valence electrons. The Kier molecular flexibility index (Phi) is 8.22. The molecule has 0 radical (unpaired) electrons. The third kappa shape index (κ3) is 5.72. The van der Waals surface area contributed by atoms with Crippen LogP contribution in [0, 0.1) is 10.1 Å². The summed E-state index contributed by atoms with van der Waals surface area (Å²) in [6.07, 6.45) is 3.19. The zero-order valence-corrected chi connectivity index (χ0v) is 17.3. The van der Waals surface area contributed by atoms with Gasteiger partial charge in [-0.1, -0.05) is 18.9 Å². The van der Waals surface area contributed by atoms with E-state index in [1.165, 1.54) is 6.07 Å². The van der Waals surface area contributed by atoms with Crippen LogP contribution in [0.2, 0.25) is 0 Å². The predicted molar refractivity (Wildman–Crippen MR) is 113 cm³/mol. The van der Waals surface area contributed by atoms with Gasteiger partial charge in [-0.05, 0) is 31.5 Å². The van der Waals surface area contributed by atoms with Gasteiger partial charge >= 0.3 is 0 Å². The van der Waals surface area contributed by atoms with Gasteiger partial charge < -0.3 is 30.5 Å². The van der Waals surface area contributed by atoms with Gasteiger partial charge in [0, 0.05) is 24.7 Å². The number of benzene rings is 1. The van der Waals surface area contributed by atoms with Crippen LogP contribution < -0.4 is 5.32 Å². The smallest absolute Gasteiger partial charge is 0.292 e. The Hall–Kier alpha value is -2.24. The lowest BCUT2D eigenvalue weighted by Gasteiger charge is -2.43. The molecule has 10 heteroatoms. The number of nitrogens with one attached hydrogen (secondary N) is 1. The van der Waals surface area contributed by atoms with Crippen molar-refractivity contribution >= 4 is 11.4 Å². The number of aliphatic hydroxyl groups is 4. The van der Waals surface area contributed by atoms with Gasteiger partial charge in [0.05, 0.1) is 29.9 Å². The average Bonchev–Trinajstić information content (AvgIpc) is 2.70. The van der Waals surface area contributed by atoms with Crippen LogP contribution in [0.15, 0.2) is 30.5 Å². The number of piperidine rings is 1. The second-order valence-electron chi connectivity index (χ2n) is 8.05. The number of aliphatic hydroxyl groups excluding tert-OH is 4. The van der Waals surface area contributed by atoms with Gasteiger partial charge in [0.25, 0.3) is 5.69 Å². The third-order valence-electron chi connectivity index (χ3n) is 5.93. The highest BCUT2D eigenvalue weighted by Crippen LogP contribution is 2.32. The number of nitro groups is 1. The normalized spacial score (nSPS) is 28.1. The number of nitrogens with zero attached hydrogens (tertiary/aromatic N) is 2. The molecular formula is C21H31N3O7. The number of nitro benzene ring substituents is 1. The second-order valence-corrected chi connectivity index (χ2v) is 8.05. The first-order valence-corrected chi connectivity index (χ1v) is 10.7. The van der Waals surface area contributed by atoms with Gasteiger partial charge in [0.2, 0.25) is 0 Å². The Morgan fingerprint density at radius 2 is 1.90 bits per heavy atom. The summed E-state index contributed by atoms with van der Waals surface area (Å²) >= 11 is 0. The molecule has 0 bridgehead atoms. The molecule has 0 amide bonds. The molecule has 0 aromatic heterocycles. The van der Waals surface area contributed by atoms with Crippen LogP contribution in [0.4, 0.5) is 11.4 Å². The number of hydrogen-bond donors (Lipinski definition) is 5. The number of unbranched alkanes of at least 4 members (excludes halogenated alkanes) is 3. The van der Waals surface area contributed by atoms with Gasteiger partial charge in [-0.2, -0.15) is 0 Å². The highest BCUT2D eigenvalue weighted by Gasteiger charge is 2.40. The van der Waals surface area contributed by atoms with Crippen molar-refractivity contribution < 1.29 is 30.1 Å². The summed E-state index contributed by atoms with van der Waals surface area (Å²) in [5.41, 5.74) is 1.26. The monoisotopic (exact) mass is 437 g/mol. The largest absolute Gasteiger partial charge is 0.489 e. The Labute approximate surface area is 180 Å². The van der Waals surface area contributed by atoms with Gasteiger partial charge in [0.15, 0.2) is 0 Å². The molecule has 1 unspecified atom stereocenters. The maximum Gasteiger partial charge on any atom is 0.292 e. The SMILES string of the molecule is O=[N+]([O-])c1cc(C2C=CO2)ccc1NCCCCCCN1C[C@H](O)[C@@H](O)[C@H](O)[C@H]1CO. The van der Waals surface area contributed by atoms with Crippen LogP contribution in [-0.2, 0) is 4.74 Å². The second kappa shape index (κ2) is 10.9. The van der Waals surface area contributed by atoms with E-state index in [9.17, 15) is 30.5 Å². The summed E-state index contributed by atoms with van der Waals surface area (Å²) in [7, 11) is 0. The van der Waals surface area contributed by atoms with Gasteiger partial charge in [-0.25, -0.2) is 0 Å². The van der Waals surface area contributed by atoms with E-state index in [2.05, 4.69) is 5.32 Å². The summed E-state index contributed by atoms with van der Waals surface area (Å²) < 4.78 is 5.22. The predicted octanol–water partition coefficient (Wildman–Crippen LogP) is 0.911. The Balaban J connectivity index is 1.38. The molecule has 5 atom stereocenters. The van der Waals surface area contributed by atoms with Crippen molar-refractivity contribution in [3.05, 3.63) is 46.2 Å². The zero-order valence-electron chi connectivity index (χ0n) is 17.3. The molecule has 31 heavy (non-hydrogen) atoms. The van der Waals surface area contributed by atoms with Crippen molar-refractivity contribution in [2.24, 2.45) is 0 Å². The van der Waals surface area contributed by atoms with Gasteiger partial charge in [0.1, 0.15) is 24.0 Å². The topological polar surface area (TPSA) is 149 Å². The number of anilines is 1. The number of likely N-dealkylation sites (tertiary alicyclic amines) is 1. The molecule has 1 aromatic carbocycles. The fourth-order valence-electron chi connectivity index (χ4n) is 4.02. The Bertz CT molecular complexity index is 775. The molecule has 0 aliphatic carbocycles. The van der Waals surface area contributed by atoms with Crippen molar-refractivity contribution in [1.82, 2.24) is 4.90 Å². The third-order valence-corrected chi connectivity index (χ3v) is 5.93. The van der Waals surface area contributed by atoms with Crippen LogP contribution in [0.1, 0.15) is 37.4 Å². The van der Waals surface area contributed by atoms with E-state index < -0.39 is 29.3 Å². The molecule has 0 spiro atoms. The Morgan fingerprint density at radius 1 is 1.16 bits per heavy atom. The van der Waals surface area contributed by atoms with E-state index in [4.69, 9.17) is 4.74 Å². The highest BCUT2D eigenvalue weighted by atomic mass is 16.6. The lowest BCUT2D eigenvalue weighted by Crippen LogP contribution is -2.62. The fourth-order valence-corrected chi connectivity index (χ4v) is 4.02. The minimum atomic E-state index is -1.24. The van der Waals surface area contributed by atoms with Crippen LogP contribution >= 0.6 is 0 Å². The quantitative estimate of drug-likeness (QED) is 0.193. The molecule has 1 aromatic rings. The maximum absolute atomic E-state index is 11.4. The fraction of sp³-hybridized carbons (Fsp3) is 0.619. The molecular weight excluding hydrogens is 406 g/mol. The summed E-state index contributed by atoms with van der Waals surface area (Å²) in [6.45, 7) is 1.14. The van der Waals surface area contributed by atoms with E-state index >= 15 is 0 Å². The molecule has 0 saturated carbocycles. The minimum Gasteiger partial charge on any atom is -0.489 e. The van der Waals surface area contributed by atoms with Crippen molar-refractivity contribution in [3.8, 4) is 0 Å². The molecule has 2 aliphatic heterocycles. The van der Waals surface area contributed by atoms with Crippen molar-refractivity contribution in [2.75, 3.05) is 31.6 Å². The summed E-state index contributed by atoms with van der Waals surface area (Å²) in [6, 6.07) is 4.48. The standard InChI is InChI=1S/C21H31N3O7/c25-13-17-20(27)21(28)18(26)12-23(17)9-4-2-1-3-8-22-15-6-5-14(19-7-10-31-19)11-16(15)24(29)30/h5-7,10-11,17-22,25-28H,1-4,8-9,12-13H2/t17-,18+,19?,20-,21-/m1/s1. The number of hydrogen-bond acceptors (Lipinski definition) is 9. The molecule has 1 fully saturated rings. The minimum absolute atomic E-state index is 0.0286. The summed E-state index contributed by atoms with van der Waals surface area (Å²) in [4.78, 5) is 12.8. The molecule has 5 N–H and O–H groups in total. The van der Waals surface area contributed by atoms with Crippen LogP contribution in [0.5, 0.6) is 0 Å². The van der Waals surface area contributed by atoms with Crippen molar-refractivity contribution in [2.45, 2.75) is 56.1 Å². The van der Waals surface area contributed by atoms with Crippen LogP contribution in [0.25, 0.3) is 0 Å². The van der Waals surface area contributed by atoms with Gasteiger partial charge in [-0.3, -0.25) is 15.0 Å². The first-order chi connectivity index (χ1) is 14.9. The first-order valence-electron chi connectivity index (χ1n) is 10.7. The lowest BCUT2D eigenvalue weighted by atomic mass is 9.94. The average molecular weight is 437 g/mol. The molecule has 2 aliphatic rings. The number of ether oxygens (including phenoxy) is 1. The zero-order chi connectivity index (χ0) is 22.4. The Morgan fingerprint density at radius 3 is 2.55 bits per heavy atom. The first kappa shape index (κ1) is 23.4. The van der Waals surface area contributed by atoms with Crippen molar-refractivity contribution in [3.63, 3.8) is 0 Å². The van der Waals surface area contributed by atoms with Crippen molar-refractivity contribution in [1.29, 1.82) is 0 Å².